The van der Waals surface area contributed by atoms with Gasteiger partial charge in [0.1, 0.15) is 5.75 Å². The third-order valence-electron chi connectivity index (χ3n) is 4.62. The summed E-state index contributed by atoms with van der Waals surface area (Å²) in [5.74, 6) is 0.480. The van der Waals surface area contributed by atoms with Gasteiger partial charge in [0.15, 0.2) is 5.78 Å². The van der Waals surface area contributed by atoms with Crippen LogP contribution in [0.3, 0.4) is 0 Å². The van der Waals surface area contributed by atoms with Crippen molar-refractivity contribution in [1.29, 1.82) is 0 Å². The van der Waals surface area contributed by atoms with Crippen LogP contribution in [0.5, 0.6) is 5.75 Å². The molecule has 0 spiro atoms. The maximum Gasteiger partial charge on any atom is 0.255 e. The van der Waals surface area contributed by atoms with Crippen LogP contribution in [-0.2, 0) is 4.79 Å². The van der Waals surface area contributed by atoms with Gasteiger partial charge in [-0.05, 0) is 73.0 Å². The molecule has 4 heteroatoms. The van der Waals surface area contributed by atoms with Crippen molar-refractivity contribution in [2.24, 2.45) is 0 Å². The van der Waals surface area contributed by atoms with Crippen molar-refractivity contribution in [3.8, 4) is 5.75 Å². The van der Waals surface area contributed by atoms with Crippen molar-refractivity contribution < 1.29 is 14.3 Å². The Kier molecular flexibility index (Phi) is 6.25. The summed E-state index contributed by atoms with van der Waals surface area (Å²) < 4.78 is 5.12. The second kappa shape index (κ2) is 9.02. The van der Waals surface area contributed by atoms with Crippen molar-refractivity contribution in [3.63, 3.8) is 0 Å². The highest BCUT2D eigenvalue weighted by Crippen LogP contribution is 2.24. The molecule has 0 aliphatic rings. The number of ether oxygens (including phenoxy) is 1. The number of benzene rings is 3. The maximum atomic E-state index is 12.5. The molecule has 0 heterocycles. The first-order valence-electron chi connectivity index (χ1n) is 9.32. The van der Waals surface area contributed by atoms with Crippen LogP contribution in [0.4, 0.5) is 5.69 Å². The monoisotopic (exact) mass is 385 g/mol. The number of carbonyl (C=O) groups excluding carboxylic acids is 2. The van der Waals surface area contributed by atoms with E-state index in [0.717, 1.165) is 16.7 Å². The summed E-state index contributed by atoms with van der Waals surface area (Å²) in [5, 5.41) is 2.90. The Morgan fingerprint density at radius 2 is 1.66 bits per heavy atom. The molecule has 4 nitrogen and oxygen atoms in total. The Morgan fingerprint density at radius 3 is 2.31 bits per heavy atom. The van der Waals surface area contributed by atoms with Gasteiger partial charge in [0.2, 0.25) is 0 Å². The maximum absolute atomic E-state index is 12.5. The average molecular weight is 385 g/mol. The van der Waals surface area contributed by atoms with Gasteiger partial charge in [0.05, 0.1) is 7.11 Å². The molecular formula is C25H23NO3. The summed E-state index contributed by atoms with van der Waals surface area (Å²) in [4.78, 5) is 24.8. The highest BCUT2D eigenvalue weighted by Gasteiger charge is 2.11. The normalized spacial score (nSPS) is 11.1. The lowest BCUT2D eigenvalue weighted by Gasteiger charge is -2.10. The van der Waals surface area contributed by atoms with Gasteiger partial charge >= 0.3 is 0 Å². The van der Waals surface area contributed by atoms with Crippen LogP contribution in [0, 0.1) is 6.92 Å². The number of methoxy groups -OCH3 is 1. The minimum Gasteiger partial charge on any atom is -0.497 e. The van der Waals surface area contributed by atoms with E-state index in [1.165, 1.54) is 0 Å². The Labute approximate surface area is 170 Å². The second-order valence-electron chi connectivity index (χ2n) is 6.74. The summed E-state index contributed by atoms with van der Waals surface area (Å²) >= 11 is 0. The van der Waals surface area contributed by atoms with Crippen LogP contribution in [0.2, 0.25) is 0 Å². The number of allylic oxidation sites excluding steroid dienone is 1. The van der Waals surface area contributed by atoms with Gasteiger partial charge in [-0.2, -0.15) is 0 Å². The van der Waals surface area contributed by atoms with E-state index in [9.17, 15) is 9.59 Å². The van der Waals surface area contributed by atoms with E-state index < -0.39 is 0 Å². The molecule has 0 aliphatic heterocycles. The van der Waals surface area contributed by atoms with E-state index in [0.29, 0.717) is 22.6 Å². The lowest BCUT2D eigenvalue weighted by Crippen LogP contribution is -2.11. The van der Waals surface area contributed by atoms with E-state index in [1.54, 1.807) is 38.3 Å². The zero-order valence-corrected chi connectivity index (χ0v) is 16.7. The predicted molar refractivity (Wildman–Crippen MR) is 117 cm³/mol. The van der Waals surface area contributed by atoms with E-state index >= 15 is 0 Å². The quantitative estimate of drug-likeness (QED) is 0.457. The second-order valence-corrected chi connectivity index (χ2v) is 6.74. The first kappa shape index (κ1) is 20.1. The molecule has 3 aromatic rings. The lowest BCUT2D eigenvalue weighted by molar-refractivity contribution is -0.111. The third-order valence-corrected chi connectivity index (χ3v) is 4.62. The molecule has 1 N–H and O–H groups in total. The Bertz CT molecular complexity index is 1070. The molecule has 0 aromatic heterocycles. The smallest absolute Gasteiger partial charge is 0.255 e. The minimum absolute atomic E-state index is 0.00743. The van der Waals surface area contributed by atoms with Gasteiger partial charge in [0.25, 0.3) is 5.91 Å². The number of amides is 1. The Morgan fingerprint density at radius 1 is 0.931 bits per heavy atom. The van der Waals surface area contributed by atoms with Gasteiger partial charge < -0.3 is 10.1 Å². The fraction of sp³-hybridized carbons (Fsp3) is 0.120. The molecule has 0 bridgehead atoms. The molecular weight excluding hydrogens is 362 g/mol. The lowest BCUT2D eigenvalue weighted by atomic mass is 9.96. The Hall–Kier alpha value is -3.66. The standard InChI is InChI=1S/C25H23NO3/c1-17-7-4-5-10-23(17)24(18(2)27)16-19-8-6-9-21(15-19)26-25(28)20-11-13-22(29-3)14-12-20/h4-16H,1-3H3,(H,26,28)/b24-16+. The molecule has 0 unspecified atom stereocenters. The summed E-state index contributed by atoms with van der Waals surface area (Å²) in [6, 6.07) is 22.1. The highest BCUT2D eigenvalue weighted by molar-refractivity contribution is 6.24. The summed E-state index contributed by atoms with van der Waals surface area (Å²) in [7, 11) is 1.58. The summed E-state index contributed by atoms with van der Waals surface area (Å²) in [6.07, 6.45) is 1.85. The third kappa shape index (κ3) is 4.99. The van der Waals surface area contributed by atoms with Crippen LogP contribution in [-0.4, -0.2) is 18.8 Å². The number of nitrogens with one attached hydrogen (secondary N) is 1. The molecule has 3 aromatic carbocycles. The van der Waals surface area contributed by atoms with E-state index in [1.807, 2.05) is 61.5 Å². The molecule has 0 aliphatic carbocycles. The van der Waals surface area contributed by atoms with Crippen LogP contribution >= 0.6 is 0 Å². The number of carbonyl (C=O) groups is 2. The first-order valence-corrected chi connectivity index (χ1v) is 9.32. The molecule has 146 valence electrons. The number of ketones is 1. The van der Waals surface area contributed by atoms with Crippen LogP contribution in [0.1, 0.15) is 34.0 Å². The van der Waals surface area contributed by atoms with Crippen LogP contribution in [0.25, 0.3) is 11.6 Å². The van der Waals surface area contributed by atoms with E-state index in [2.05, 4.69) is 5.32 Å². The highest BCUT2D eigenvalue weighted by atomic mass is 16.5. The molecule has 1 amide bonds. The number of hydrogen-bond acceptors (Lipinski definition) is 3. The molecule has 29 heavy (non-hydrogen) atoms. The molecule has 0 atom stereocenters. The SMILES string of the molecule is COc1ccc(C(=O)Nc2cccc(/C=C(\C(C)=O)c3ccccc3C)c2)cc1. The van der Waals surface area contributed by atoms with Gasteiger partial charge in [0, 0.05) is 16.8 Å². The van der Waals surface area contributed by atoms with E-state index in [4.69, 9.17) is 4.74 Å². The Balaban J connectivity index is 1.86. The van der Waals surface area contributed by atoms with Gasteiger partial charge in [-0.1, -0.05) is 36.4 Å². The average Bonchev–Trinajstić information content (AvgIpc) is 2.73. The van der Waals surface area contributed by atoms with Crippen molar-refractivity contribution in [1.82, 2.24) is 0 Å². The number of Topliss-reactive ketones (excluding diaryl/α,β-unsaturated/α-hetero) is 1. The largest absolute Gasteiger partial charge is 0.497 e. The molecule has 0 radical (unpaired) electrons. The zero-order valence-electron chi connectivity index (χ0n) is 16.7. The van der Waals surface area contributed by atoms with Crippen LogP contribution in [0.15, 0.2) is 72.8 Å². The molecule has 0 saturated heterocycles. The summed E-state index contributed by atoms with van der Waals surface area (Å²) in [6.45, 7) is 3.55. The zero-order chi connectivity index (χ0) is 20.8. The van der Waals surface area contributed by atoms with Gasteiger partial charge in [-0.15, -0.1) is 0 Å². The van der Waals surface area contributed by atoms with Crippen molar-refractivity contribution in [2.45, 2.75) is 13.8 Å². The van der Waals surface area contributed by atoms with Crippen LogP contribution < -0.4 is 10.1 Å². The number of anilines is 1. The molecule has 0 saturated carbocycles. The van der Waals surface area contributed by atoms with E-state index in [-0.39, 0.29) is 11.7 Å². The van der Waals surface area contributed by atoms with Crippen molar-refractivity contribution in [3.05, 3.63) is 95.1 Å². The topological polar surface area (TPSA) is 55.4 Å². The number of hydrogen-bond donors (Lipinski definition) is 1. The van der Waals surface area contributed by atoms with Gasteiger partial charge in [-0.25, -0.2) is 0 Å². The fourth-order valence-electron chi connectivity index (χ4n) is 3.06. The van der Waals surface area contributed by atoms with Crippen molar-refractivity contribution in [2.75, 3.05) is 12.4 Å². The van der Waals surface area contributed by atoms with Crippen molar-refractivity contribution >= 4 is 29.0 Å². The van der Waals surface area contributed by atoms with Gasteiger partial charge in [-0.3, -0.25) is 9.59 Å². The summed E-state index contributed by atoms with van der Waals surface area (Å²) in [5.41, 5.74) is 4.63. The number of rotatable bonds is 6. The minimum atomic E-state index is -0.209. The predicted octanol–water partition coefficient (Wildman–Crippen LogP) is 5.39. The molecule has 0 fully saturated rings. The fourth-order valence-corrected chi connectivity index (χ4v) is 3.06. The number of aryl methyl sites for hydroxylation is 1. The first-order chi connectivity index (χ1) is 14.0. The molecule has 3 rings (SSSR count).